The van der Waals surface area contributed by atoms with Gasteiger partial charge in [-0.1, -0.05) is 5.16 Å². The maximum Gasteiger partial charge on any atom is 0.253 e. The van der Waals surface area contributed by atoms with Crippen LogP contribution in [0.3, 0.4) is 0 Å². The maximum atomic E-state index is 12.3. The number of hydrogen-bond donors (Lipinski definition) is 1. The first-order chi connectivity index (χ1) is 14.8. The van der Waals surface area contributed by atoms with Gasteiger partial charge < -0.3 is 14.6 Å². The number of hydrogen-bond acceptors (Lipinski definition) is 8. The van der Waals surface area contributed by atoms with Crippen molar-refractivity contribution in [2.45, 2.75) is 32.9 Å². The number of carbonyl (C=O) groups excluding carboxylic acids is 1. The molecule has 3 aromatic rings. The van der Waals surface area contributed by atoms with Gasteiger partial charge in [0, 0.05) is 35.8 Å². The van der Waals surface area contributed by atoms with Crippen molar-refractivity contribution in [2.24, 2.45) is 0 Å². The van der Waals surface area contributed by atoms with E-state index in [0.29, 0.717) is 29.3 Å². The standard InChI is InChI=1S/C21H22N4O5S/c1-13-3-4-15(9-22-13)20-18(14(2)30-25-20)11-29-19-6-5-16(10-23-19)21(26)24-17-7-8-31(27,28)12-17/h3-6,9-10,17H,7-8,11-12H2,1-2H3,(H,24,26). The van der Waals surface area contributed by atoms with Crippen LogP contribution in [0.2, 0.25) is 0 Å². The van der Waals surface area contributed by atoms with Gasteiger partial charge in [-0.05, 0) is 38.5 Å². The minimum absolute atomic E-state index is 0.0235. The molecular formula is C21H22N4O5S. The lowest BCUT2D eigenvalue weighted by Gasteiger charge is -2.11. The van der Waals surface area contributed by atoms with Gasteiger partial charge in [-0.2, -0.15) is 0 Å². The molecule has 9 nitrogen and oxygen atoms in total. The Hall–Kier alpha value is -3.27. The van der Waals surface area contributed by atoms with E-state index in [2.05, 4.69) is 20.4 Å². The Morgan fingerprint density at radius 2 is 2.03 bits per heavy atom. The van der Waals surface area contributed by atoms with Crippen LogP contribution in [0.1, 0.15) is 33.8 Å². The summed E-state index contributed by atoms with van der Waals surface area (Å²) in [5.41, 5.74) is 3.52. The van der Waals surface area contributed by atoms with Crippen molar-refractivity contribution in [3.05, 3.63) is 59.2 Å². The number of nitrogens with one attached hydrogen (secondary N) is 1. The first-order valence-corrected chi connectivity index (χ1v) is 11.6. The summed E-state index contributed by atoms with van der Waals surface area (Å²) in [4.78, 5) is 20.8. The lowest BCUT2D eigenvalue weighted by molar-refractivity contribution is 0.0940. The Kier molecular flexibility index (Phi) is 5.73. The molecule has 31 heavy (non-hydrogen) atoms. The third kappa shape index (κ3) is 4.91. The van der Waals surface area contributed by atoms with Crippen LogP contribution in [0.25, 0.3) is 11.3 Å². The highest BCUT2D eigenvalue weighted by Crippen LogP contribution is 2.26. The van der Waals surface area contributed by atoms with Crippen LogP contribution < -0.4 is 10.1 Å². The van der Waals surface area contributed by atoms with E-state index in [9.17, 15) is 13.2 Å². The van der Waals surface area contributed by atoms with E-state index >= 15 is 0 Å². The predicted octanol–water partition coefficient (Wildman–Crippen LogP) is 2.24. The van der Waals surface area contributed by atoms with E-state index in [1.165, 1.54) is 6.20 Å². The average molecular weight is 442 g/mol. The average Bonchev–Trinajstić information content (AvgIpc) is 3.28. The van der Waals surface area contributed by atoms with Gasteiger partial charge in [-0.3, -0.25) is 9.78 Å². The van der Waals surface area contributed by atoms with Gasteiger partial charge >= 0.3 is 0 Å². The summed E-state index contributed by atoms with van der Waals surface area (Å²) in [6, 6.07) is 6.64. The second-order valence-corrected chi connectivity index (χ2v) is 9.73. The second kappa shape index (κ2) is 8.46. The van der Waals surface area contributed by atoms with E-state index in [1.807, 2.05) is 19.1 Å². The fourth-order valence-corrected chi connectivity index (χ4v) is 4.99. The van der Waals surface area contributed by atoms with E-state index in [0.717, 1.165) is 16.8 Å². The third-order valence-electron chi connectivity index (χ3n) is 5.10. The number of aryl methyl sites for hydroxylation is 2. The van der Waals surface area contributed by atoms with Gasteiger partial charge in [0.05, 0.1) is 22.6 Å². The van der Waals surface area contributed by atoms with Crippen LogP contribution in [0.4, 0.5) is 0 Å². The van der Waals surface area contributed by atoms with E-state index in [1.54, 1.807) is 25.3 Å². The highest BCUT2D eigenvalue weighted by molar-refractivity contribution is 7.91. The quantitative estimate of drug-likeness (QED) is 0.616. The molecule has 0 bridgehead atoms. The van der Waals surface area contributed by atoms with Gasteiger partial charge in [-0.15, -0.1) is 0 Å². The van der Waals surface area contributed by atoms with Gasteiger partial charge in [0.25, 0.3) is 5.91 Å². The minimum atomic E-state index is -3.06. The molecule has 0 aliphatic carbocycles. The van der Waals surface area contributed by atoms with Gasteiger partial charge in [0.1, 0.15) is 18.1 Å². The van der Waals surface area contributed by atoms with Crippen molar-refractivity contribution in [3.63, 3.8) is 0 Å². The van der Waals surface area contributed by atoms with Crippen LogP contribution in [-0.2, 0) is 16.4 Å². The lowest BCUT2D eigenvalue weighted by Crippen LogP contribution is -2.35. The molecule has 4 rings (SSSR count). The fraction of sp³-hybridized carbons (Fsp3) is 0.333. The Morgan fingerprint density at radius 3 is 2.68 bits per heavy atom. The van der Waals surface area contributed by atoms with Crippen molar-refractivity contribution in [1.29, 1.82) is 0 Å². The first-order valence-electron chi connectivity index (χ1n) is 9.79. The molecule has 1 atom stereocenters. The van der Waals surface area contributed by atoms with Crippen LogP contribution in [0, 0.1) is 13.8 Å². The molecule has 0 spiro atoms. The molecule has 1 aliphatic heterocycles. The number of sulfone groups is 1. The summed E-state index contributed by atoms with van der Waals surface area (Å²) in [5.74, 6) is 0.702. The molecule has 0 saturated carbocycles. The molecule has 1 aliphatic rings. The summed E-state index contributed by atoms with van der Waals surface area (Å²) < 4.78 is 34.2. The number of nitrogens with zero attached hydrogens (tertiary/aromatic N) is 3. The Morgan fingerprint density at radius 1 is 1.19 bits per heavy atom. The highest BCUT2D eigenvalue weighted by atomic mass is 32.2. The van der Waals surface area contributed by atoms with Crippen LogP contribution in [-0.4, -0.2) is 47.0 Å². The molecule has 1 unspecified atom stereocenters. The van der Waals surface area contributed by atoms with Gasteiger partial charge in [0.2, 0.25) is 5.88 Å². The zero-order valence-electron chi connectivity index (χ0n) is 17.2. The highest BCUT2D eigenvalue weighted by Gasteiger charge is 2.29. The fourth-order valence-electron chi connectivity index (χ4n) is 3.32. The molecule has 3 aromatic heterocycles. The number of carbonyl (C=O) groups is 1. The summed E-state index contributed by atoms with van der Waals surface area (Å²) in [6.07, 6.45) is 3.57. The molecule has 0 aromatic carbocycles. The number of pyridine rings is 2. The van der Waals surface area contributed by atoms with Crippen molar-refractivity contribution in [1.82, 2.24) is 20.4 Å². The number of rotatable bonds is 6. The first kappa shape index (κ1) is 21.0. The topological polar surface area (TPSA) is 124 Å². The van der Waals surface area contributed by atoms with Crippen molar-refractivity contribution < 1.29 is 22.5 Å². The summed E-state index contributed by atoms with van der Waals surface area (Å²) >= 11 is 0. The number of amides is 1. The summed E-state index contributed by atoms with van der Waals surface area (Å²) in [5, 5.41) is 6.85. The Balaban J connectivity index is 1.40. The Labute approximate surface area is 179 Å². The summed E-state index contributed by atoms with van der Waals surface area (Å²) in [6.45, 7) is 3.91. The molecule has 1 amide bonds. The third-order valence-corrected chi connectivity index (χ3v) is 6.87. The smallest absolute Gasteiger partial charge is 0.253 e. The van der Waals surface area contributed by atoms with E-state index in [4.69, 9.17) is 9.26 Å². The maximum absolute atomic E-state index is 12.3. The van der Waals surface area contributed by atoms with E-state index < -0.39 is 9.84 Å². The SMILES string of the molecule is Cc1ccc(-c2noc(C)c2COc2ccc(C(=O)NC3CCS(=O)(=O)C3)cn2)cn1. The van der Waals surface area contributed by atoms with Gasteiger partial charge in [0.15, 0.2) is 9.84 Å². The van der Waals surface area contributed by atoms with Crippen LogP contribution >= 0.6 is 0 Å². The predicted molar refractivity (Wildman–Crippen MR) is 112 cm³/mol. The monoisotopic (exact) mass is 442 g/mol. The molecule has 0 radical (unpaired) electrons. The molecule has 10 heteroatoms. The van der Waals surface area contributed by atoms with Crippen molar-refractivity contribution in [3.8, 4) is 17.1 Å². The number of ether oxygens (including phenoxy) is 1. The largest absolute Gasteiger partial charge is 0.473 e. The molecule has 1 fully saturated rings. The van der Waals surface area contributed by atoms with Gasteiger partial charge in [-0.25, -0.2) is 13.4 Å². The summed E-state index contributed by atoms with van der Waals surface area (Å²) in [7, 11) is -3.06. The van der Waals surface area contributed by atoms with Crippen molar-refractivity contribution in [2.75, 3.05) is 11.5 Å². The number of aromatic nitrogens is 3. The van der Waals surface area contributed by atoms with Crippen molar-refractivity contribution >= 4 is 15.7 Å². The van der Waals surface area contributed by atoms with E-state index in [-0.39, 0.29) is 30.1 Å². The molecule has 162 valence electrons. The second-order valence-electron chi connectivity index (χ2n) is 7.50. The molecule has 1 N–H and O–H groups in total. The Bertz CT molecular complexity index is 1190. The minimum Gasteiger partial charge on any atom is -0.473 e. The zero-order valence-corrected chi connectivity index (χ0v) is 18.0. The molecule has 1 saturated heterocycles. The molecule has 4 heterocycles. The lowest BCUT2D eigenvalue weighted by atomic mass is 10.1. The normalized spacial score (nSPS) is 17.4. The van der Waals surface area contributed by atoms with Crippen LogP contribution in [0.5, 0.6) is 5.88 Å². The van der Waals surface area contributed by atoms with Crippen LogP contribution in [0.15, 0.2) is 41.2 Å². The zero-order chi connectivity index (χ0) is 22.0. The molecular weight excluding hydrogens is 420 g/mol.